The van der Waals surface area contributed by atoms with Crippen molar-refractivity contribution in [1.29, 1.82) is 0 Å². The molecule has 0 unspecified atom stereocenters. The molecule has 0 radical (unpaired) electrons. The zero-order valence-electron chi connectivity index (χ0n) is 15.0. The van der Waals surface area contributed by atoms with Gasteiger partial charge in [-0.3, -0.25) is 10.1 Å². The summed E-state index contributed by atoms with van der Waals surface area (Å²) < 4.78 is 0. The summed E-state index contributed by atoms with van der Waals surface area (Å²) in [5, 5.41) is 7.78. The Bertz CT molecular complexity index is 746. The number of aromatic nitrogens is 4. The van der Waals surface area contributed by atoms with E-state index in [0.29, 0.717) is 11.8 Å². The van der Waals surface area contributed by atoms with E-state index in [9.17, 15) is 0 Å². The van der Waals surface area contributed by atoms with E-state index in [4.69, 9.17) is 4.98 Å². The monoisotopic (exact) mass is 337 g/mol. The van der Waals surface area contributed by atoms with Gasteiger partial charge in [0.05, 0.1) is 0 Å². The molecule has 3 aliphatic rings. The highest BCUT2D eigenvalue weighted by Gasteiger charge is 2.44. The molecule has 1 N–H and O–H groups in total. The van der Waals surface area contributed by atoms with Gasteiger partial charge in [-0.15, -0.1) is 0 Å². The van der Waals surface area contributed by atoms with E-state index in [2.05, 4.69) is 45.2 Å². The third kappa shape index (κ3) is 3.34. The third-order valence-electron chi connectivity index (χ3n) is 6.11. The number of rotatable bonds is 6. The van der Waals surface area contributed by atoms with Crippen LogP contribution in [0.1, 0.15) is 60.6 Å². The molecule has 5 heteroatoms. The first-order valence-corrected chi connectivity index (χ1v) is 9.83. The van der Waals surface area contributed by atoms with Gasteiger partial charge in [0, 0.05) is 49.3 Å². The molecule has 132 valence electrons. The lowest BCUT2D eigenvalue weighted by Crippen LogP contribution is -2.24. The van der Waals surface area contributed by atoms with Gasteiger partial charge in [0.25, 0.3) is 0 Å². The van der Waals surface area contributed by atoms with E-state index in [1.54, 1.807) is 0 Å². The SMILES string of the molecule is Cc1cccc(CCN2C[C@H](c3nc(C4CC4)n[nH]3)[C@@H](C3CC3)C2)n1. The second-order valence-electron chi connectivity index (χ2n) is 8.24. The largest absolute Gasteiger partial charge is 0.302 e. The highest BCUT2D eigenvalue weighted by molar-refractivity contribution is 5.13. The van der Waals surface area contributed by atoms with Crippen molar-refractivity contribution in [2.75, 3.05) is 19.6 Å². The van der Waals surface area contributed by atoms with Crippen LogP contribution in [0.2, 0.25) is 0 Å². The minimum absolute atomic E-state index is 0.540. The number of hydrogen-bond acceptors (Lipinski definition) is 4. The molecular weight excluding hydrogens is 310 g/mol. The number of nitrogens with zero attached hydrogens (tertiary/aromatic N) is 4. The van der Waals surface area contributed by atoms with E-state index in [0.717, 1.165) is 48.7 Å². The first-order valence-electron chi connectivity index (χ1n) is 9.83. The smallest absolute Gasteiger partial charge is 0.153 e. The van der Waals surface area contributed by atoms with Gasteiger partial charge in [-0.05, 0) is 56.6 Å². The number of pyridine rings is 1. The lowest BCUT2D eigenvalue weighted by atomic mass is 9.91. The molecule has 25 heavy (non-hydrogen) atoms. The summed E-state index contributed by atoms with van der Waals surface area (Å²) in [5.74, 6) is 5.04. The van der Waals surface area contributed by atoms with Gasteiger partial charge >= 0.3 is 0 Å². The zero-order valence-corrected chi connectivity index (χ0v) is 15.0. The standard InChI is InChI=1S/C20H27N5/c1-13-3-2-4-16(21-13)9-10-25-11-17(14-5-6-14)18(12-25)20-22-19(23-24-20)15-7-8-15/h2-4,14-15,17-18H,5-12H2,1H3,(H,22,23,24)/t17-,18+/m1/s1. The Labute approximate surface area is 149 Å². The second kappa shape index (κ2) is 6.20. The molecular formula is C20H27N5. The lowest BCUT2D eigenvalue weighted by molar-refractivity contribution is 0.320. The van der Waals surface area contributed by atoms with Crippen molar-refractivity contribution in [3.05, 3.63) is 41.2 Å². The summed E-state index contributed by atoms with van der Waals surface area (Å²) >= 11 is 0. The molecule has 3 fully saturated rings. The molecule has 5 nitrogen and oxygen atoms in total. The Balaban J connectivity index is 1.26. The Kier molecular flexibility index (Phi) is 3.85. The average Bonchev–Trinajstić information content (AvgIpc) is 3.54. The van der Waals surface area contributed by atoms with E-state index in [1.807, 2.05) is 0 Å². The Morgan fingerprint density at radius 1 is 1.12 bits per heavy atom. The van der Waals surface area contributed by atoms with Crippen molar-refractivity contribution < 1.29 is 0 Å². The topological polar surface area (TPSA) is 57.7 Å². The van der Waals surface area contributed by atoms with Gasteiger partial charge in [-0.1, -0.05) is 6.07 Å². The van der Waals surface area contributed by atoms with Crippen molar-refractivity contribution in [1.82, 2.24) is 25.1 Å². The molecule has 2 saturated carbocycles. The number of H-pyrrole nitrogens is 1. The number of nitrogens with one attached hydrogen (secondary N) is 1. The van der Waals surface area contributed by atoms with Crippen LogP contribution in [0.3, 0.4) is 0 Å². The predicted molar refractivity (Wildman–Crippen MR) is 96.4 cm³/mol. The van der Waals surface area contributed by atoms with Crippen LogP contribution in [0.5, 0.6) is 0 Å². The van der Waals surface area contributed by atoms with Crippen LogP contribution in [-0.2, 0) is 6.42 Å². The van der Waals surface area contributed by atoms with Gasteiger partial charge in [0.2, 0.25) is 0 Å². The molecule has 1 saturated heterocycles. The summed E-state index contributed by atoms with van der Waals surface area (Å²) in [6, 6.07) is 6.34. The summed E-state index contributed by atoms with van der Waals surface area (Å²) in [7, 11) is 0. The number of aryl methyl sites for hydroxylation is 1. The van der Waals surface area contributed by atoms with Gasteiger partial charge in [0.1, 0.15) is 5.82 Å². The highest BCUT2D eigenvalue weighted by atomic mass is 15.2. The predicted octanol–water partition coefficient (Wildman–Crippen LogP) is 3.05. The quantitative estimate of drug-likeness (QED) is 0.880. The fourth-order valence-electron chi connectivity index (χ4n) is 4.38. The van der Waals surface area contributed by atoms with Crippen LogP contribution in [0.4, 0.5) is 0 Å². The molecule has 3 heterocycles. The Hall–Kier alpha value is -1.75. The van der Waals surface area contributed by atoms with E-state index >= 15 is 0 Å². The minimum Gasteiger partial charge on any atom is -0.302 e. The minimum atomic E-state index is 0.540. The van der Waals surface area contributed by atoms with Crippen LogP contribution in [0, 0.1) is 18.8 Å². The van der Waals surface area contributed by atoms with E-state index < -0.39 is 0 Å². The van der Waals surface area contributed by atoms with E-state index in [-0.39, 0.29) is 0 Å². The first-order chi connectivity index (χ1) is 12.3. The maximum Gasteiger partial charge on any atom is 0.153 e. The van der Waals surface area contributed by atoms with Crippen molar-refractivity contribution in [2.45, 2.75) is 50.9 Å². The molecule has 2 atom stereocenters. The normalized spacial score (nSPS) is 27.1. The van der Waals surface area contributed by atoms with Crippen molar-refractivity contribution in [3.8, 4) is 0 Å². The number of hydrogen-bond donors (Lipinski definition) is 1. The maximum atomic E-state index is 4.87. The molecule has 2 aromatic heterocycles. The van der Waals surface area contributed by atoms with Crippen molar-refractivity contribution >= 4 is 0 Å². The third-order valence-corrected chi connectivity index (χ3v) is 6.11. The van der Waals surface area contributed by atoms with Crippen LogP contribution in [0.25, 0.3) is 0 Å². The maximum absolute atomic E-state index is 4.87. The van der Waals surface area contributed by atoms with E-state index in [1.165, 1.54) is 37.9 Å². The molecule has 1 aliphatic heterocycles. The number of likely N-dealkylation sites (tertiary alicyclic amines) is 1. The van der Waals surface area contributed by atoms with Gasteiger partial charge < -0.3 is 4.90 Å². The molecule has 2 aliphatic carbocycles. The van der Waals surface area contributed by atoms with Crippen LogP contribution in [0.15, 0.2) is 18.2 Å². The summed E-state index contributed by atoms with van der Waals surface area (Å²) in [6.07, 6.45) is 6.37. The molecule has 0 spiro atoms. The molecule has 0 aromatic carbocycles. The zero-order chi connectivity index (χ0) is 16.8. The molecule has 2 aromatic rings. The summed E-state index contributed by atoms with van der Waals surface area (Å²) in [4.78, 5) is 12.1. The fourth-order valence-corrected chi connectivity index (χ4v) is 4.38. The molecule has 0 amide bonds. The average molecular weight is 337 g/mol. The van der Waals surface area contributed by atoms with Gasteiger partial charge in [0.15, 0.2) is 5.82 Å². The van der Waals surface area contributed by atoms with Crippen LogP contribution in [-0.4, -0.2) is 44.7 Å². The first kappa shape index (κ1) is 15.5. The van der Waals surface area contributed by atoms with Crippen LogP contribution < -0.4 is 0 Å². The lowest BCUT2D eigenvalue weighted by Gasteiger charge is -2.15. The molecule has 5 rings (SSSR count). The molecule has 0 bridgehead atoms. The summed E-state index contributed by atoms with van der Waals surface area (Å²) in [6.45, 7) is 5.49. The fraction of sp³-hybridized carbons (Fsp3) is 0.650. The van der Waals surface area contributed by atoms with Crippen molar-refractivity contribution in [3.63, 3.8) is 0 Å². The van der Waals surface area contributed by atoms with Crippen molar-refractivity contribution in [2.24, 2.45) is 11.8 Å². The van der Waals surface area contributed by atoms with Gasteiger partial charge in [-0.2, -0.15) is 5.10 Å². The summed E-state index contributed by atoms with van der Waals surface area (Å²) in [5.41, 5.74) is 2.32. The van der Waals surface area contributed by atoms with Gasteiger partial charge in [-0.25, -0.2) is 4.98 Å². The Morgan fingerprint density at radius 2 is 2.00 bits per heavy atom. The Morgan fingerprint density at radius 3 is 2.76 bits per heavy atom. The number of aromatic amines is 1. The van der Waals surface area contributed by atoms with Crippen LogP contribution >= 0.6 is 0 Å². The second-order valence-corrected chi connectivity index (χ2v) is 8.24. The highest BCUT2D eigenvalue weighted by Crippen LogP contribution is 2.47.